The molecule has 6 nitrogen and oxygen atoms in total. The summed E-state index contributed by atoms with van der Waals surface area (Å²) >= 11 is 0. The highest BCUT2D eigenvalue weighted by Crippen LogP contribution is 2.40. The first-order valence-corrected chi connectivity index (χ1v) is 7.95. The number of aromatic nitrogens is 3. The number of aryl methyl sites for hydroxylation is 1. The molecule has 2 aromatic rings. The zero-order valence-corrected chi connectivity index (χ0v) is 13.8. The van der Waals surface area contributed by atoms with Crippen molar-refractivity contribution in [2.24, 2.45) is 7.05 Å². The quantitative estimate of drug-likeness (QED) is 0.860. The molecule has 0 unspecified atom stereocenters. The molecule has 122 valence electrons. The van der Waals surface area contributed by atoms with Crippen molar-refractivity contribution in [3.05, 3.63) is 39.8 Å². The minimum absolute atomic E-state index is 0.137. The zero-order valence-electron chi connectivity index (χ0n) is 13.8. The van der Waals surface area contributed by atoms with Gasteiger partial charge >= 0.3 is 0 Å². The van der Waals surface area contributed by atoms with Crippen LogP contribution in [0.1, 0.15) is 48.7 Å². The van der Waals surface area contributed by atoms with Crippen molar-refractivity contribution in [3.63, 3.8) is 0 Å². The molecule has 0 saturated heterocycles. The summed E-state index contributed by atoms with van der Waals surface area (Å²) in [6.45, 7) is 8.76. The molecule has 23 heavy (non-hydrogen) atoms. The summed E-state index contributed by atoms with van der Waals surface area (Å²) in [5, 5.41) is 3.08. The van der Waals surface area contributed by atoms with Gasteiger partial charge in [-0.05, 0) is 32.8 Å². The van der Waals surface area contributed by atoms with Gasteiger partial charge in [0.05, 0.1) is 10.9 Å². The third-order valence-corrected chi connectivity index (χ3v) is 4.19. The van der Waals surface area contributed by atoms with Gasteiger partial charge in [0.2, 0.25) is 0 Å². The second-order valence-electron chi connectivity index (χ2n) is 6.34. The zero-order chi connectivity index (χ0) is 16.7. The molecule has 1 aliphatic carbocycles. The SMILES string of the molecule is C=C(C)CN(CC)C(=O)c1cc(C2CC2)nc2c1c(=O)[nH]n2C. The molecule has 1 amide bonds. The van der Waals surface area contributed by atoms with Crippen LogP contribution in [0.15, 0.2) is 23.0 Å². The number of likely N-dealkylation sites (N-methyl/N-ethyl adjacent to an activating group) is 1. The summed E-state index contributed by atoms with van der Waals surface area (Å²) in [5.74, 6) is 0.272. The predicted octanol–water partition coefficient (Wildman–Crippen LogP) is 2.18. The molecule has 3 rings (SSSR count). The average Bonchev–Trinajstić information content (AvgIpc) is 3.31. The Morgan fingerprint density at radius 3 is 2.78 bits per heavy atom. The van der Waals surface area contributed by atoms with Crippen molar-refractivity contribution in [2.75, 3.05) is 13.1 Å². The van der Waals surface area contributed by atoms with Crippen LogP contribution < -0.4 is 5.56 Å². The largest absolute Gasteiger partial charge is 0.335 e. The molecule has 1 fully saturated rings. The first-order chi connectivity index (χ1) is 10.9. The molecule has 0 bridgehead atoms. The van der Waals surface area contributed by atoms with Gasteiger partial charge in [0.25, 0.3) is 11.5 Å². The number of carbonyl (C=O) groups is 1. The lowest BCUT2D eigenvalue weighted by Gasteiger charge is -2.21. The summed E-state index contributed by atoms with van der Waals surface area (Å²) in [6, 6.07) is 1.80. The van der Waals surface area contributed by atoms with E-state index in [0.29, 0.717) is 35.6 Å². The summed E-state index contributed by atoms with van der Waals surface area (Å²) in [5.41, 5.74) is 2.54. The highest BCUT2D eigenvalue weighted by Gasteiger charge is 2.29. The Morgan fingerprint density at radius 1 is 1.52 bits per heavy atom. The fourth-order valence-corrected chi connectivity index (χ4v) is 2.86. The molecule has 1 saturated carbocycles. The number of carbonyl (C=O) groups excluding carboxylic acids is 1. The Morgan fingerprint density at radius 2 is 2.22 bits per heavy atom. The Labute approximate surface area is 134 Å². The maximum Gasteiger partial charge on any atom is 0.274 e. The molecule has 1 N–H and O–H groups in total. The molecule has 0 aromatic carbocycles. The Bertz CT molecular complexity index is 842. The molecule has 0 atom stereocenters. The van der Waals surface area contributed by atoms with Crippen LogP contribution in [0.3, 0.4) is 0 Å². The fourth-order valence-electron chi connectivity index (χ4n) is 2.86. The molecule has 2 aromatic heterocycles. The van der Waals surface area contributed by atoms with Crippen molar-refractivity contribution in [2.45, 2.75) is 32.6 Å². The van der Waals surface area contributed by atoms with E-state index in [1.807, 2.05) is 13.8 Å². The number of nitrogens with one attached hydrogen (secondary N) is 1. The van der Waals surface area contributed by atoms with Gasteiger partial charge in [-0.25, -0.2) is 4.98 Å². The first-order valence-electron chi connectivity index (χ1n) is 7.95. The highest BCUT2D eigenvalue weighted by atomic mass is 16.2. The number of H-pyrrole nitrogens is 1. The van der Waals surface area contributed by atoms with Crippen LogP contribution in [-0.4, -0.2) is 38.7 Å². The van der Waals surface area contributed by atoms with Crippen molar-refractivity contribution in [3.8, 4) is 0 Å². The molecule has 0 spiro atoms. The van der Waals surface area contributed by atoms with E-state index in [1.54, 1.807) is 22.7 Å². The number of aromatic amines is 1. The molecular weight excluding hydrogens is 292 g/mol. The number of hydrogen-bond acceptors (Lipinski definition) is 3. The number of rotatable bonds is 5. The van der Waals surface area contributed by atoms with Crippen LogP contribution in [0.4, 0.5) is 0 Å². The van der Waals surface area contributed by atoms with Crippen LogP contribution in [-0.2, 0) is 7.05 Å². The fraction of sp³-hybridized carbons (Fsp3) is 0.471. The highest BCUT2D eigenvalue weighted by molar-refractivity contribution is 6.05. The second kappa shape index (κ2) is 5.68. The van der Waals surface area contributed by atoms with Gasteiger partial charge in [-0.2, -0.15) is 0 Å². The lowest BCUT2D eigenvalue weighted by atomic mass is 10.1. The molecule has 2 heterocycles. The van der Waals surface area contributed by atoms with Gasteiger partial charge in [0.1, 0.15) is 0 Å². The molecule has 6 heteroatoms. The number of nitrogens with zero attached hydrogens (tertiary/aromatic N) is 3. The molecule has 1 aliphatic rings. The van der Waals surface area contributed by atoms with Gasteiger partial charge in [-0.1, -0.05) is 12.2 Å². The number of fused-ring (bicyclic) bond motifs is 1. The van der Waals surface area contributed by atoms with Crippen LogP contribution in [0.5, 0.6) is 0 Å². The van der Waals surface area contributed by atoms with Gasteiger partial charge in [-0.15, -0.1) is 0 Å². The second-order valence-corrected chi connectivity index (χ2v) is 6.34. The predicted molar refractivity (Wildman–Crippen MR) is 89.7 cm³/mol. The normalized spacial score (nSPS) is 14.2. The van der Waals surface area contributed by atoms with Crippen molar-refractivity contribution in [1.29, 1.82) is 0 Å². The number of hydrogen-bond donors (Lipinski definition) is 1. The van der Waals surface area contributed by atoms with E-state index in [-0.39, 0.29) is 11.5 Å². The third kappa shape index (κ3) is 2.81. The number of amides is 1. The summed E-state index contributed by atoms with van der Waals surface area (Å²) in [6.07, 6.45) is 2.18. The molecular formula is C17H22N4O2. The van der Waals surface area contributed by atoms with Crippen LogP contribution >= 0.6 is 0 Å². The summed E-state index contributed by atoms with van der Waals surface area (Å²) in [4.78, 5) is 31.5. The Kier molecular flexibility index (Phi) is 3.83. The van der Waals surface area contributed by atoms with Gasteiger partial charge < -0.3 is 4.90 Å². The average molecular weight is 314 g/mol. The van der Waals surface area contributed by atoms with E-state index < -0.39 is 0 Å². The molecule has 0 aliphatic heterocycles. The van der Waals surface area contributed by atoms with E-state index in [4.69, 9.17) is 0 Å². The van der Waals surface area contributed by atoms with Crippen LogP contribution in [0.2, 0.25) is 0 Å². The minimum atomic E-state index is -0.271. The lowest BCUT2D eigenvalue weighted by molar-refractivity contribution is 0.0780. The topological polar surface area (TPSA) is 71.0 Å². The van der Waals surface area contributed by atoms with Gasteiger partial charge in [0, 0.05) is 31.7 Å². The van der Waals surface area contributed by atoms with E-state index in [1.165, 1.54) is 0 Å². The van der Waals surface area contributed by atoms with E-state index >= 15 is 0 Å². The number of pyridine rings is 1. The third-order valence-electron chi connectivity index (χ3n) is 4.19. The van der Waals surface area contributed by atoms with Crippen molar-refractivity contribution >= 4 is 16.9 Å². The van der Waals surface area contributed by atoms with Crippen LogP contribution in [0, 0.1) is 0 Å². The van der Waals surface area contributed by atoms with Crippen LogP contribution in [0.25, 0.3) is 11.0 Å². The maximum atomic E-state index is 13.0. The lowest BCUT2D eigenvalue weighted by Crippen LogP contribution is -2.33. The maximum absolute atomic E-state index is 13.0. The van der Waals surface area contributed by atoms with Crippen molar-refractivity contribution in [1.82, 2.24) is 19.7 Å². The molecule has 0 radical (unpaired) electrons. The standard InChI is InChI=1S/C17H22N4O2/c1-5-21(9-10(2)3)17(23)12-8-13(11-6-7-11)18-15-14(12)16(22)19-20(15)4/h8,11H,2,5-7,9H2,1,3-4H3,(H,19,22). The van der Waals surface area contributed by atoms with Crippen molar-refractivity contribution < 1.29 is 4.79 Å². The first kappa shape index (κ1) is 15.5. The Hall–Kier alpha value is -2.37. The van der Waals surface area contributed by atoms with Gasteiger partial charge in [0.15, 0.2) is 5.65 Å². The van der Waals surface area contributed by atoms with E-state index in [9.17, 15) is 9.59 Å². The Balaban J connectivity index is 2.16. The minimum Gasteiger partial charge on any atom is -0.335 e. The smallest absolute Gasteiger partial charge is 0.274 e. The van der Waals surface area contributed by atoms with Gasteiger partial charge in [-0.3, -0.25) is 19.4 Å². The monoisotopic (exact) mass is 314 g/mol. The van der Waals surface area contributed by atoms with E-state index in [2.05, 4.69) is 16.7 Å². The summed E-state index contributed by atoms with van der Waals surface area (Å²) in [7, 11) is 1.74. The summed E-state index contributed by atoms with van der Waals surface area (Å²) < 4.78 is 1.59. The van der Waals surface area contributed by atoms with E-state index in [0.717, 1.165) is 24.1 Å².